The van der Waals surface area contributed by atoms with E-state index in [0.29, 0.717) is 0 Å². The van der Waals surface area contributed by atoms with Gasteiger partial charge in [-0.3, -0.25) is 9.80 Å². The molecule has 2 atom stereocenters. The molecule has 5 heteroatoms. The number of hydrogen-bond acceptors (Lipinski definition) is 5. The van der Waals surface area contributed by atoms with Crippen molar-refractivity contribution >= 4 is 0 Å². The van der Waals surface area contributed by atoms with Crippen LogP contribution >= 0.6 is 0 Å². The first kappa shape index (κ1) is 17.2. The normalized spacial score (nSPS) is 34.5. The molecule has 1 N–H and O–H groups in total. The van der Waals surface area contributed by atoms with Gasteiger partial charge in [0.2, 0.25) is 0 Å². The molecule has 0 aromatic rings. The van der Waals surface area contributed by atoms with Gasteiger partial charge >= 0.3 is 0 Å². The van der Waals surface area contributed by atoms with Crippen molar-refractivity contribution in [2.75, 3.05) is 45.9 Å². The van der Waals surface area contributed by atoms with E-state index in [-0.39, 0.29) is 6.23 Å². The molecule has 0 radical (unpaired) electrons. The number of piperazine rings is 1. The molecular formula is C19H36N4O. The molecule has 0 aromatic heterocycles. The summed E-state index contributed by atoms with van der Waals surface area (Å²) in [6, 6.07) is 1.61. The van der Waals surface area contributed by atoms with Crippen LogP contribution in [0.2, 0.25) is 0 Å². The first-order valence-electron chi connectivity index (χ1n) is 10.5. The smallest absolute Gasteiger partial charge is 0.122 e. The highest BCUT2D eigenvalue weighted by molar-refractivity contribution is 4.84. The summed E-state index contributed by atoms with van der Waals surface area (Å²) in [5.74, 6) is 0. The summed E-state index contributed by atoms with van der Waals surface area (Å²) >= 11 is 0. The fraction of sp³-hybridized carbons (Fsp3) is 1.00. The van der Waals surface area contributed by atoms with Gasteiger partial charge in [0.15, 0.2) is 0 Å². The minimum Gasteiger partial charge on any atom is -0.361 e. The zero-order valence-electron chi connectivity index (χ0n) is 15.3. The molecule has 4 aliphatic rings. The Hall–Kier alpha value is -0.200. The second-order valence-electron chi connectivity index (χ2n) is 8.24. The van der Waals surface area contributed by atoms with Gasteiger partial charge in [-0.25, -0.2) is 10.4 Å². The summed E-state index contributed by atoms with van der Waals surface area (Å²) < 4.78 is 6.13. The molecule has 2 unspecified atom stereocenters. The molecule has 0 aromatic carbocycles. The van der Waals surface area contributed by atoms with Crippen LogP contribution in [0.5, 0.6) is 0 Å². The van der Waals surface area contributed by atoms with Crippen LogP contribution in [0, 0.1) is 0 Å². The average molecular weight is 337 g/mol. The van der Waals surface area contributed by atoms with Gasteiger partial charge in [-0.05, 0) is 25.7 Å². The van der Waals surface area contributed by atoms with Gasteiger partial charge in [-0.2, -0.15) is 0 Å². The number of rotatable bonds is 5. The predicted molar refractivity (Wildman–Crippen MR) is 96.7 cm³/mol. The number of hydrogen-bond donors (Lipinski definition) is 1. The maximum Gasteiger partial charge on any atom is 0.122 e. The number of fused-ring (bicyclic) bond motifs is 1. The Labute approximate surface area is 147 Å². The van der Waals surface area contributed by atoms with Crippen LogP contribution in [0.3, 0.4) is 0 Å². The second-order valence-corrected chi connectivity index (χ2v) is 8.24. The Morgan fingerprint density at radius 3 is 2.33 bits per heavy atom. The zero-order valence-corrected chi connectivity index (χ0v) is 15.3. The molecular weight excluding hydrogens is 300 g/mol. The summed E-state index contributed by atoms with van der Waals surface area (Å²) in [4.78, 5) is 5.36. The Balaban J connectivity index is 1.11. The molecule has 4 fully saturated rings. The maximum atomic E-state index is 6.13. The van der Waals surface area contributed by atoms with Crippen LogP contribution in [-0.2, 0) is 4.74 Å². The van der Waals surface area contributed by atoms with Crippen molar-refractivity contribution in [3.63, 3.8) is 0 Å². The van der Waals surface area contributed by atoms with Gasteiger partial charge in [0.05, 0.1) is 6.61 Å². The Morgan fingerprint density at radius 2 is 1.54 bits per heavy atom. The Morgan fingerprint density at radius 1 is 0.792 bits per heavy atom. The van der Waals surface area contributed by atoms with Crippen molar-refractivity contribution in [3.8, 4) is 0 Å². The van der Waals surface area contributed by atoms with Gasteiger partial charge in [0, 0.05) is 57.8 Å². The summed E-state index contributed by atoms with van der Waals surface area (Å²) in [6.45, 7) is 8.17. The topological polar surface area (TPSA) is 31.0 Å². The fourth-order valence-electron chi connectivity index (χ4n) is 5.13. The van der Waals surface area contributed by atoms with Gasteiger partial charge in [-0.1, -0.05) is 25.7 Å². The Bertz CT molecular complexity index is 366. The molecule has 3 heterocycles. The van der Waals surface area contributed by atoms with E-state index in [1.165, 1.54) is 90.5 Å². The van der Waals surface area contributed by atoms with Crippen molar-refractivity contribution < 1.29 is 4.74 Å². The third-order valence-corrected chi connectivity index (χ3v) is 6.65. The summed E-state index contributed by atoms with van der Waals surface area (Å²) in [5.41, 5.74) is 3.57. The molecule has 1 saturated carbocycles. The van der Waals surface area contributed by atoms with E-state index < -0.39 is 0 Å². The largest absolute Gasteiger partial charge is 0.361 e. The molecule has 0 amide bonds. The number of hydrazine groups is 1. The maximum absolute atomic E-state index is 6.13. The van der Waals surface area contributed by atoms with E-state index in [2.05, 4.69) is 20.2 Å². The van der Waals surface area contributed by atoms with Crippen LogP contribution in [0.25, 0.3) is 0 Å². The van der Waals surface area contributed by atoms with Crippen LogP contribution in [0.1, 0.15) is 57.8 Å². The van der Waals surface area contributed by atoms with Crippen molar-refractivity contribution in [1.82, 2.24) is 20.2 Å². The van der Waals surface area contributed by atoms with E-state index in [0.717, 1.165) is 25.2 Å². The standard InChI is InChI=1S/C19H36N4O/c1-2-6-17(7-3-1)22-12-10-21(11-13-22)14-15-24-19-16-18-8-4-5-9-23(18)20-19/h17-20H,1-16H2. The molecule has 1 aliphatic carbocycles. The van der Waals surface area contributed by atoms with Crippen LogP contribution in [0.4, 0.5) is 0 Å². The lowest BCUT2D eigenvalue weighted by atomic mass is 9.94. The van der Waals surface area contributed by atoms with E-state index in [1.54, 1.807) is 0 Å². The molecule has 3 aliphatic heterocycles. The molecule has 138 valence electrons. The first-order valence-corrected chi connectivity index (χ1v) is 10.5. The molecule has 0 spiro atoms. The van der Waals surface area contributed by atoms with Gasteiger partial charge in [0.1, 0.15) is 6.23 Å². The van der Waals surface area contributed by atoms with Crippen molar-refractivity contribution in [3.05, 3.63) is 0 Å². The van der Waals surface area contributed by atoms with Crippen LogP contribution in [-0.4, -0.2) is 79.0 Å². The van der Waals surface area contributed by atoms with Gasteiger partial charge in [0.25, 0.3) is 0 Å². The van der Waals surface area contributed by atoms with E-state index >= 15 is 0 Å². The predicted octanol–water partition coefficient (Wildman–Crippen LogP) is 2.04. The van der Waals surface area contributed by atoms with Gasteiger partial charge < -0.3 is 4.74 Å². The number of nitrogens with one attached hydrogen (secondary N) is 1. The molecule has 3 saturated heterocycles. The van der Waals surface area contributed by atoms with E-state index in [4.69, 9.17) is 4.74 Å². The lowest BCUT2D eigenvalue weighted by Gasteiger charge is -2.40. The van der Waals surface area contributed by atoms with Crippen molar-refractivity contribution in [2.24, 2.45) is 0 Å². The SMILES string of the molecule is C1CCC(N2CCN(CCOC3CC4CCCCN4N3)CC2)CC1. The average Bonchev–Trinajstić information content (AvgIpc) is 3.06. The molecule has 0 bridgehead atoms. The van der Waals surface area contributed by atoms with E-state index in [9.17, 15) is 0 Å². The third-order valence-electron chi connectivity index (χ3n) is 6.65. The lowest BCUT2D eigenvalue weighted by molar-refractivity contribution is -0.00371. The Kier molecular flexibility index (Phi) is 6.07. The second kappa shape index (κ2) is 8.45. The summed E-state index contributed by atoms with van der Waals surface area (Å²) in [5, 5.41) is 2.43. The quantitative estimate of drug-likeness (QED) is 0.830. The lowest BCUT2D eigenvalue weighted by Crippen LogP contribution is -2.51. The van der Waals surface area contributed by atoms with Crippen LogP contribution < -0.4 is 5.43 Å². The third kappa shape index (κ3) is 4.31. The number of piperidine rings is 1. The summed E-state index contributed by atoms with van der Waals surface area (Å²) in [7, 11) is 0. The number of ether oxygens (including phenoxy) is 1. The minimum atomic E-state index is 0.261. The number of nitrogens with zero attached hydrogens (tertiary/aromatic N) is 3. The summed E-state index contributed by atoms with van der Waals surface area (Å²) in [6.07, 6.45) is 12.7. The first-order chi connectivity index (χ1) is 11.9. The monoisotopic (exact) mass is 336 g/mol. The molecule has 5 nitrogen and oxygen atoms in total. The fourth-order valence-corrected chi connectivity index (χ4v) is 5.13. The highest BCUT2D eigenvalue weighted by Crippen LogP contribution is 2.25. The van der Waals surface area contributed by atoms with Crippen LogP contribution in [0.15, 0.2) is 0 Å². The van der Waals surface area contributed by atoms with Gasteiger partial charge in [-0.15, -0.1) is 0 Å². The van der Waals surface area contributed by atoms with Crippen molar-refractivity contribution in [2.45, 2.75) is 76.1 Å². The molecule has 24 heavy (non-hydrogen) atoms. The molecule has 4 rings (SSSR count). The minimum absolute atomic E-state index is 0.261. The van der Waals surface area contributed by atoms with E-state index in [1.807, 2.05) is 0 Å². The zero-order chi connectivity index (χ0) is 16.2. The highest BCUT2D eigenvalue weighted by atomic mass is 16.5. The highest BCUT2D eigenvalue weighted by Gasteiger charge is 2.33. The van der Waals surface area contributed by atoms with Crippen molar-refractivity contribution in [1.29, 1.82) is 0 Å².